The van der Waals surface area contributed by atoms with E-state index in [2.05, 4.69) is 5.32 Å². The fraction of sp³-hybridized carbons (Fsp3) is 1.00. The van der Waals surface area contributed by atoms with Crippen molar-refractivity contribution in [2.75, 3.05) is 6.54 Å². The fourth-order valence-corrected chi connectivity index (χ4v) is 1.89. The van der Waals surface area contributed by atoms with Crippen LogP contribution in [0, 0.1) is 0 Å². The van der Waals surface area contributed by atoms with Gasteiger partial charge in [-0.2, -0.15) is 0 Å². The topological polar surface area (TPSA) is 32.3 Å². The molecule has 0 saturated carbocycles. The predicted molar refractivity (Wildman–Crippen MR) is 41.8 cm³/mol. The second kappa shape index (κ2) is 3.34. The number of hydrogen-bond acceptors (Lipinski definition) is 2. The van der Waals surface area contributed by atoms with E-state index in [1.807, 2.05) is 0 Å². The van der Waals surface area contributed by atoms with Gasteiger partial charge in [0, 0.05) is 16.3 Å². The van der Waals surface area contributed by atoms with E-state index < -0.39 is 0 Å². The molecule has 0 spiro atoms. The molecule has 0 radical (unpaired) electrons. The summed E-state index contributed by atoms with van der Waals surface area (Å²) >= 11 is 0. The Bertz CT molecular complexity index is 83.1. The third kappa shape index (κ3) is 1.78. The van der Waals surface area contributed by atoms with Crippen LogP contribution in [0.2, 0.25) is 6.04 Å². The standard InChI is InChI=1S/C6H15NOSi/c8-6(4-9)5-2-1-3-7-5/h5-8H,1-4H2,9H3/t5?,6-/m1/s1. The SMILES string of the molecule is O[C@H](C[SiH3])C1CCCN1. The summed E-state index contributed by atoms with van der Waals surface area (Å²) in [4.78, 5) is 0. The van der Waals surface area contributed by atoms with Crippen molar-refractivity contribution in [3.8, 4) is 0 Å². The molecule has 2 atom stereocenters. The van der Waals surface area contributed by atoms with Crippen molar-refractivity contribution in [1.29, 1.82) is 0 Å². The number of nitrogens with one attached hydrogen (secondary N) is 1. The Morgan fingerprint density at radius 2 is 2.56 bits per heavy atom. The van der Waals surface area contributed by atoms with Gasteiger partial charge in [0.25, 0.3) is 0 Å². The fourth-order valence-electron chi connectivity index (χ4n) is 1.32. The van der Waals surface area contributed by atoms with Gasteiger partial charge in [-0.3, -0.25) is 0 Å². The molecule has 1 fully saturated rings. The molecule has 0 aromatic carbocycles. The van der Waals surface area contributed by atoms with Crippen LogP contribution in [0.4, 0.5) is 0 Å². The summed E-state index contributed by atoms with van der Waals surface area (Å²) in [6.45, 7) is 1.10. The Balaban J connectivity index is 2.24. The van der Waals surface area contributed by atoms with Crippen LogP contribution in [-0.2, 0) is 0 Å². The van der Waals surface area contributed by atoms with Gasteiger partial charge >= 0.3 is 0 Å². The molecule has 1 heterocycles. The van der Waals surface area contributed by atoms with Gasteiger partial charge in [-0.15, -0.1) is 0 Å². The van der Waals surface area contributed by atoms with Crippen LogP contribution < -0.4 is 5.32 Å². The first-order chi connectivity index (χ1) is 4.34. The Hall–Kier alpha value is 0.137. The van der Waals surface area contributed by atoms with Crippen LogP contribution in [0.3, 0.4) is 0 Å². The molecule has 1 rings (SSSR count). The third-order valence-electron chi connectivity index (χ3n) is 1.98. The third-order valence-corrected chi connectivity index (χ3v) is 2.82. The Kier molecular flexibility index (Phi) is 2.69. The minimum absolute atomic E-state index is 0.0563. The minimum Gasteiger partial charge on any atom is -0.392 e. The maximum Gasteiger partial charge on any atom is 0.0662 e. The lowest BCUT2D eigenvalue weighted by molar-refractivity contribution is 0.155. The van der Waals surface area contributed by atoms with E-state index in [0.717, 1.165) is 22.8 Å². The van der Waals surface area contributed by atoms with Crippen LogP contribution in [0.1, 0.15) is 12.8 Å². The largest absolute Gasteiger partial charge is 0.392 e. The number of hydrogen-bond donors (Lipinski definition) is 2. The molecule has 0 aromatic heterocycles. The number of rotatable bonds is 2. The van der Waals surface area contributed by atoms with Crippen molar-refractivity contribution in [2.24, 2.45) is 0 Å². The van der Waals surface area contributed by atoms with Gasteiger partial charge in [0.1, 0.15) is 0 Å². The molecule has 1 aliphatic rings. The summed E-state index contributed by atoms with van der Waals surface area (Å²) in [5.41, 5.74) is 0. The van der Waals surface area contributed by atoms with Crippen LogP contribution in [0.15, 0.2) is 0 Å². The van der Waals surface area contributed by atoms with E-state index in [9.17, 15) is 5.11 Å². The van der Waals surface area contributed by atoms with Gasteiger partial charge in [-0.25, -0.2) is 0 Å². The minimum atomic E-state index is -0.0563. The van der Waals surface area contributed by atoms with Crippen molar-refractivity contribution in [3.05, 3.63) is 0 Å². The molecule has 1 saturated heterocycles. The molecule has 1 unspecified atom stereocenters. The van der Waals surface area contributed by atoms with E-state index in [1.165, 1.54) is 12.8 Å². The van der Waals surface area contributed by atoms with Gasteiger partial charge in [-0.1, -0.05) is 0 Å². The molecule has 1 aliphatic heterocycles. The lowest BCUT2D eigenvalue weighted by atomic mass is 10.1. The molecule has 9 heavy (non-hydrogen) atoms. The highest BCUT2D eigenvalue weighted by atomic mass is 28.1. The highest BCUT2D eigenvalue weighted by molar-refractivity contribution is 6.08. The molecule has 0 bridgehead atoms. The zero-order valence-electron chi connectivity index (χ0n) is 5.93. The van der Waals surface area contributed by atoms with Crippen molar-refractivity contribution in [3.63, 3.8) is 0 Å². The second-order valence-corrected chi connectivity index (χ2v) is 3.49. The van der Waals surface area contributed by atoms with Gasteiger partial charge in [0.05, 0.1) is 6.10 Å². The highest BCUT2D eigenvalue weighted by Crippen LogP contribution is 2.10. The van der Waals surface area contributed by atoms with Crippen LogP contribution in [0.5, 0.6) is 0 Å². The molecule has 0 aromatic rings. The van der Waals surface area contributed by atoms with Crippen LogP contribution in [0.25, 0.3) is 0 Å². The molecule has 2 N–H and O–H groups in total. The first-order valence-corrected chi connectivity index (χ1v) is 5.17. The van der Waals surface area contributed by atoms with E-state index in [1.54, 1.807) is 0 Å². The Morgan fingerprint density at radius 1 is 1.78 bits per heavy atom. The number of aliphatic hydroxyl groups is 1. The van der Waals surface area contributed by atoms with E-state index in [-0.39, 0.29) is 6.10 Å². The van der Waals surface area contributed by atoms with E-state index in [0.29, 0.717) is 6.04 Å². The van der Waals surface area contributed by atoms with Crippen molar-refractivity contribution in [1.82, 2.24) is 5.32 Å². The normalized spacial score (nSPS) is 31.0. The molecule has 54 valence electrons. The quantitative estimate of drug-likeness (QED) is 0.483. The van der Waals surface area contributed by atoms with Crippen LogP contribution in [-0.4, -0.2) is 34.0 Å². The highest BCUT2D eigenvalue weighted by Gasteiger charge is 2.20. The summed E-state index contributed by atoms with van der Waals surface area (Å²) in [6.07, 6.45) is 2.35. The van der Waals surface area contributed by atoms with Gasteiger partial charge in [-0.05, 0) is 25.4 Å². The lowest BCUT2D eigenvalue weighted by Gasteiger charge is -2.15. The summed E-state index contributed by atoms with van der Waals surface area (Å²) in [5, 5.41) is 12.6. The zero-order chi connectivity index (χ0) is 6.69. The second-order valence-electron chi connectivity index (χ2n) is 2.68. The summed E-state index contributed by atoms with van der Waals surface area (Å²) in [5.74, 6) is 0. The maximum absolute atomic E-state index is 9.33. The predicted octanol–water partition coefficient (Wildman–Crippen LogP) is -1.12. The lowest BCUT2D eigenvalue weighted by Crippen LogP contribution is -2.34. The van der Waals surface area contributed by atoms with Crippen molar-refractivity contribution < 1.29 is 5.11 Å². The number of aliphatic hydroxyl groups excluding tert-OH is 1. The van der Waals surface area contributed by atoms with Crippen molar-refractivity contribution in [2.45, 2.75) is 31.0 Å². The maximum atomic E-state index is 9.33. The van der Waals surface area contributed by atoms with Gasteiger partial charge < -0.3 is 10.4 Å². The zero-order valence-corrected chi connectivity index (χ0v) is 7.93. The molecular formula is C6H15NOSi. The smallest absolute Gasteiger partial charge is 0.0662 e. The van der Waals surface area contributed by atoms with Crippen LogP contribution >= 0.6 is 0 Å². The average Bonchev–Trinajstić information content (AvgIpc) is 2.37. The van der Waals surface area contributed by atoms with Gasteiger partial charge in [0.15, 0.2) is 0 Å². The molecule has 0 aliphatic carbocycles. The van der Waals surface area contributed by atoms with Crippen molar-refractivity contribution >= 4 is 10.2 Å². The Morgan fingerprint density at radius 3 is 3.00 bits per heavy atom. The summed E-state index contributed by atoms with van der Waals surface area (Å²) in [7, 11) is 1.12. The van der Waals surface area contributed by atoms with Gasteiger partial charge in [0.2, 0.25) is 0 Å². The summed E-state index contributed by atoms with van der Waals surface area (Å²) in [6, 6.07) is 1.43. The monoisotopic (exact) mass is 145 g/mol. The summed E-state index contributed by atoms with van der Waals surface area (Å²) < 4.78 is 0. The first-order valence-electron chi connectivity index (χ1n) is 3.76. The molecular weight excluding hydrogens is 130 g/mol. The van der Waals surface area contributed by atoms with E-state index in [4.69, 9.17) is 0 Å². The average molecular weight is 145 g/mol. The Labute approximate surface area is 59.1 Å². The molecule has 0 amide bonds. The van der Waals surface area contributed by atoms with E-state index >= 15 is 0 Å². The first kappa shape index (κ1) is 7.25. The molecule has 2 nitrogen and oxygen atoms in total. The molecule has 3 heteroatoms.